The maximum Gasteiger partial charge on any atom is 0.361 e. The van der Waals surface area contributed by atoms with Gasteiger partial charge in [0.1, 0.15) is 24.2 Å². The zero-order chi connectivity index (χ0) is 30.0. The smallest absolute Gasteiger partial charge is 0.361 e. The zero-order valence-corrected chi connectivity index (χ0v) is 22.6. The highest BCUT2D eigenvalue weighted by Crippen LogP contribution is 2.21. The van der Waals surface area contributed by atoms with Gasteiger partial charge in [-0.25, -0.2) is 14.3 Å². The fraction of sp³-hybridized carbons (Fsp3) is 0.440. The quantitative estimate of drug-likeness (QED) is 0.232. The molecule has 1 heterocycles. The van der Waals surface area contributed by atoms with Crippen LogP contribution in [-0.2, 0) is 39.8 Å². The second-order valence-corrected chi connectivity index (χ2v) is 9.38. The lowest BCUT2D eigenvalue weighted by Crippen LogP contribution is -2.51. The first-order valence-electron chi connectivity index (χ1n) is 11.9. The Morgan fingerprint density at radius 1 is 0.975 bits per heavy atom. The first-order chi connectivity index (χ1) is 18.8. The number of nitrogens with one attached hydrogen (secondary N) is 2. The summed E-state index contributed by atoms with van der Waals surface area (Å²) in [7, 11) is 2.06. The molecule has 0 unspecified atom stereocenters. The highest BCUT2D eigenvalue weighted by molar-refractivity contribution is 6.01. The number of esters is 3. The number of aliphatic carboxylic acids is 1. The Morgan fingerprint density at radius 3 is 2.15 bits per heavy atom. The molecular formula is C25H31N5O10. The van der Waals surface area contributed by atoms with Gasteiger partial charge in [-0.2, -0.15) is 0 Å². The Morgan fingerprint density at radius 2 is 1.60 bits per heavy atom. The summed E-state index contributed by atoms with van der Waals surface area (Å²) in [6.45, 7) is 4.10. The molecule has 1 aromatic heterocycles. The van der Waals surface area contributed by atoms with E-state index in [1.54, 1.807) is 51.1 Å². The van der Waals surface area contributed by atoms with Crippen LogP contribution in [0.4, 0.5) is 0 Å². The molecular weight excluding hydrogens is 530 g/mol. The predicted molar refractivity (Wildman–Crippen MR) is 135 cm³/mol. The van der Waals surface area contributed by atoms with Gasteiger partial charge < -0.3 is 30.0 Å². The molecule has 3 N–H and O–H groups in total. The van der Waals surface area contributed by atoms with Crippen LogP contribution in [0, 0.1) is 0 Å². The molecule has 0 aliphatic heterocycles. The highest BCUT2D eigenvalue weighted by atomic mass is 16.6. The number of rotatable bonds is 12. The van der Waals surface area contributed by atoms with E-state index in [0.717, 1.165) is 14.2 Å². The first kappa shape index (κ1) is 31.4. The topological polar surface area (TPSA) is 205 Å². The van der Waals surface area contributed by atoms with Crippen LogP contribution in [0.5, 0.6) is 0 Å². The van der Waals surface area contributed by atoms with Crippen LogP contribution in [0.15, 0.2) is 30.3 Å². The fourth-order valence-electron chi connectivity index (χ4n) is 3.48. The minimum absolute atomic E-state index is 0.0498. The van der Waals surface area contributed by atoms with Gasteiger partial charge >= 0.3 is 23.9 Å². The van der Waals surface area contributed by atoms with Crippen molar-refractivity contribution in [1.82, 2.24) is 25.6 Å². The number of nitrogens with zero attached hydrogens (tertiary/aromatic N) is 3. The van der Waals surface area contributed by atoms with Crippen molar-refractivity contribution < 1.29 is 48.1 Å². The minimum Gasteiger partial charge on any atom is -0.480 e. The van der Waals surface area contributed by atoms with E-state index in [-0.39, 0.29) is 6.42 Å². The molecule has 2 rings (SSSR count). The van der Waals surface area contributed by atoms with E-state index in [1.807, 2.05) is 0 Å². The molecule has 15 nitrogen and oxygen atoms in total. The molecule has 0 spiro atoms. The number of carboxylic acid groups (broad SMARTS) is 1. The van der Waals surface area contributed by atoms with Crippen LogP contribution in [0.1, 0.15) is 59.8 Å². The van der Waals surface area contributed by atoms with Crippen LogP contribution >= 0.6 is 0 Å². The van der Waals surface area contributed by atoms with Gasteiger partial charge in [0.15, 0.2) is 5.69 Å². The largest absolute Gasteiger partial charge is 0.480 e. The molecule has 0 saturated heterocycles. The van der Waals surface area contributed by atoms with Crippen molar-refractivity contribution >= 4 is 35.7 Å². The van der Waals surface area contributed by atoms with Gasteiger partial charge in [0.2, 0.25) is 17.5 Å². The average Bonchev–Trinajstić information content (AvgIpc) is 3.33. The molecule has 40 heavy (non-hydrogen) atoms. The Kier molecular flexibility index (Phi) is 10.8. The van der Waals surface area contributed by atoms with Gasteiger partial charge in [0, 0.05) is 6.42 Å². The summed E-state index contributed by atoms with van der Waals surface area (Å²) in [5, 5.41) is 21.0. The van der Waals surface area contributed by atoms with Gasteiger partial charge in [-0.3, -0.25) is 19.2 Å². The summed E-state index contributed by atoms with van der Waals surface area (Å²) < 4.78 is 15.4. The molecule has 0 radical (unpaired) electrons. The van der Waals surface area contributed by atoms with E-state index in [1.165, 1.54) is 0 Å². The summed E-state index contributed by atoms with van der Waals surface area (Å²) in [4.78, 5) is 75.1. The van der Waals surface area contributed by atoms with Crippen LogP contribution in [0.3, 0.4) is 0 Å². The number of hydrogen-bond donors (Lipinski definition) is 3. The molecule has 0 saturated carbocycles. The predicted octanol–water partition coefficient (Wildman–Crippen LogP) is 0.0525. The van der Waals surface area contributed by atoms with Crippen molar-refractivity contribution in [2.24, 2.45) is 0 Å². The third-order valence-electron chi connectivity index (χ3n) is 5.16. The third kappa shape index (κ3) is 8.89. The van der Waals surface area contributed by atoms with E-state index >= 15 is 0 Å². The first-order valence-corrected chi connectivity index (χ1v) is 11.9. The van der Waals surface area contributed by atoms with Crippen LogP contribution < -0.4 is 10.6 Å². The lowest BCUT2D eigenvalue weighted by atomic mass is 10.0. The Labute approximate surface area is 229 Å². The van der Waals surface area contributed by atoms with Gasteiger partial charge in [0.25, 0.3) is 0 Å². The molecule has 0 aliphatic carbocycles. The van der Waals surface area contributed by atoms with E-state index < -0.39 is 77.7 Å². The minimum atomic E-state index is -1.65. The molecule has 0 bridgehead atoms. The van der Waals surface area contributed by atoms with Crippen molar-refractivity contribution in [2.75, 3.05) is 20.8 Å². The number of methoxy groups -OCH3 is 2. The summed E-state index contributed by atoms with van der Waals surface area (Å²) in [6.07, 6.45) is -0.738. The van der Waals surface area contributed by atoms with E-state index in [9.17, 15) is 28.8 Å². The number of ether oxygens (including phenoxy) is 3. The number of carboxylic acids is 1. The molecule has 15 heteroatoms. The van der Waals surface area contributed by atoms with Gasteiger partial charge in [-0.1, -0.05) is 35.5 Å². The van der Waals surface area contributed by atoms with Gasteiger partial charge in [-0.15, -0.1) is 5.10 Å². The van der Waals surface area contributed by atoms with E-state index in [0.29, 0.717) is 10.2 Å². The molecule has 2 amide bonds. The fourth-order valence-corrected chi connectivity index (χ4v) is 3.48. The normalized spacial score (nSPS) is 12.4. The Balaban J connectivity index is 2.53. The van der Waals surface area contributed by atoms with Gasteiger partial charge in [0.05, 0.1) is 20.6 Å². The molecule has 2 aromatic rings. The van der Waals surface area contributed by atoms with Crippen molar-refractivity contribution in [3.8, 4) is 0 Å². The lowest BCUT2D eigenvalue weighted by Gasteiger charge is -2.24. The van der Waals surface area contributed by atoms with Crippen molar-refractivity contribution in [3.05, 3.63) is 47.3 Å². The second-order valence-electron chi connectivity index (χ2n) is 9.38. The van der Waals surface area contributed by atoms with Crippen LogP contribution in [0.2, 0.25) is 0 Å². The summed E-state index contributed by atoms with van der Waals surface area (Å²) in [5.41, 5.74) is -1.45. The molecule has 216 valence electrons. The zero-order valence-electron chi connectivity index (χ0n) is 22.6. The second kappa shape index (κ2) is 13.8. The maximum absolute atomic E-state index is 13.6. The van der Waals surface area contributed by atoms with Crippen molar-refractivity contribution in [3.63, 3.8) is 0 Å². The molecule has 1 aromatic carbocycles. The number of carbonyl (C=O) groups excluding carboxylic acids is 5. The molecule has 0 aliphatic rings. The van der Waals surface area contributed by atoms with E-state index in [2.05, 4.69) is 25.7 Å². The highest BCUT2D eigenvalue weighted by Gasteiger charge is 2.37. The van der Waals surface area contributed by atoms with E-state index in [4.69, 9.17) is 14.6 Å². The van der Waals surface area contributed by atoms with Crippen LogP contribution in [0.25, 0.3) is 0 Å². The number of benzene rings is 1. The van der Waals surface area contributed by atoms with Crippen molar-refractivity contribution in [1.29, 1.82) is 0 Å². The Bertz CT molecular complexity index is 1250. The standard InChI is InChI=1S/C25H31N5O10/c1-25(2,3)40-18(33)12-16(30-20(24(37)39-5)19(28-29-30)23(36)38-4)22(35)27-15(21(34)26-13-17(31)32)11-14-9-7-6-8-10-14/h6-10,15-16H,11-13H2,1-5H3,(H,26,34)(H,27,35)(H,31,32)/t15-,16-/m0/s1. The van der Waals surface area contributed by atoms with Crippen molar-refractivity contribution in [2.45, 2.75) is 51.3 Å². The average molecular weight is 562 g/mol. The molecule has 0 fully saturated rings. The van der Waals surface area contributed by atoms with Gasteiger partial charge in [-0.05, 0) is 26.3 Å². The molecule has 2 atom stereocenters. The number of carbonyl (C=O) groups is 6. The SMILES string of the molecule is COC(=O)c1nnn([C@@H](CC(=O)OC(C)(C)C)C(=O)N[C@@H](Cc2ccccc2)C(=O)NCC(=O)O)c1C(=O)OC. The Hall–Kier alpha value is -4.82. The maximum atomic E-state index is 13.6. The summed E-state index contributed by atoms with van der Waals surface area (Å²) in [5.74, 6) is -6.14. The summed E-state index contributed by atoms with van der Waals surface area (Å²) in [6, 6.07) is 5.59. The third-order valence-corrected chi connectivity index (χ3v) is 5.16. The summed E-state index contributed by atoms with van der Waals surface area (Å²) >= 11 is 0. The lowest BCUT2D eigenvalue weighted by molar-refractivity contribution is -0.157. The van der Waals surface area contributed by atoms with Crippen LogP contribution in [-0.4, -0.2) is 88.2 Å². The number of amides is 2. The monoisotopic (exact) mass is 561 g/mol. The number of hydrogen-bond acceptors (Lipinski definition) is 11. The number of aromatic nitrogens is 3.